The Balaban J connectivity index is 1.05. The molecule has 6 aromatic rings. The second-order valence-electron chi connectivity index (χ2n) is 18.2. The van der Waals surface area contributed by atoms with Gasteiger partial charge in [-0.05, 0) is 95.7 Å². The molecular weight excluding hydrogens is 953 g/mol. The number of carbonyl (C=O) groups is 6. The number of nitrogens with one attached hydrogen (secondary N) is 2. The first kappa shape index (κ1) is 51.7. The summed E-state index contributed by atoms with van der Waals surface area (Å²) in [5.41, 5.74) is 15.3. The zero-order valence-corrected chi connectivity index (χ0v) is 42.0. The maximum Gasteiger partial charge on any atom is 0.407 e. The van der Waals surface area contributed by atoms with Gasteiger partial charge in [-0.1, -0.05) is 24.0 Å². The average Bonchev–Trinajstić information content (AvgIpc) is 4.17. The second kappa shape index (κ2) is 22.4. The summed E-state index contributed by atoms with van der Waals surface area (Å²) in [6.07, 6.45) is 5.92. The Bertz CT molecular complexity index is 3240. The minimum atomic E-state index is -0.954. The molecule has 0 spiro atoms. The van der Waals surface area contributed by atoms with Gasteiger partial charge >= 0.3 is 6.09 Å². The van der Waals surface area contributed by atoms with Crippen LogP contribution in [-0.4, -0.2) is 129 Å². The molecule has 0 atom stereocenters. The Labute approximate surface area is 425 Å². The molecule has 2 aromatic carbocycles. The van der Waals surface area contributed by atoms with Crippen molar-refractivity contribution in [2.45, 2.75) is 86.0 Å². The van der Waals surface area contributed by atoms with E-state index in [0.717, 1.165) is 12.8 Å². The van der Waals surface area contributed by atoms with Crippen LogP contribution in [0.1, 0.15) is 99.0 Å². The van der Waals surface area contributed by atoms with Gasteiger partial charge in [0.2, 0.25) is 29.6 Å². The molecule has 0 bridgehead atoms. The van der Waals surface area contributed by atoms with Crippen LogP contribution in [0.25, 0.3) is 22.1 Å². The van der Waals surface area contributed by atoms with E-state index in [-0.39, 0.29) is 66.2 Å². The number of primary amides is 2. The van der Waals surface area contributed by atoms with Crippen molar-refractivity contribution in [1.29, 1.82) is 0 Å². The van der Waals surface area contributed by atoms with Gasteiger partial charge in [-0.25, -0.2) is 14.8 Å². The predicted molar refractivity (Wildman–Crippen MR) is 273 cm³/mol. The number of hydrogen-bond acceptors (Lipinski definition) is 12. The number of anilines is 2. The number of nitrogens with two attached hydrogens (primary N) is 2. The number of aryl methyl sites for hydroxylation is 4. The molecule has 2 fully saturated rings. The van der Waals surface area contributed by atoms with Crippen LogP contribution >= 0.6 is 0 Å². The molecule has 0 saturated carbocycles. The second-order valence-corrected chi connectivity index (χ2v) is 18.2. The highest BCUT2D eigenvalue weighted by Gasteiger charge is 2.32. The van der Waals surface area contributed by atoms with E-state index in [2.05, 4.69) is 32.7 Å². The first-order chi connectivity index (χ1) is 35.6. The van der Waals surface area contributed by atoms with Gasteiger partial charge in [-0.15, -0.1) is 0 Å². The average molecular weight is 1010 g/mol. The molecule has 0 aliphatic carbocycles. The van der Waals surface area contributed by atoms with E-state index in [4.69, 9.17) is 30.9 Å². The Morgan fingerprint density at radius 2 is 1.19 bits per heavy atom. The number of benzene rings is 2. The number of ether oxygens (including phenoxy) is 2. The van der Waals surface area contributed by atoms with Crippen molar-refractivity contribution >= 4 is 69.6 Å². The Morgan fingerprint density at radius 1 is 0.703 bits per heavy atom. The number of hydrogen-bond donors (Lipinski definition) is 5. The van der Waals surface area contributed by atoms with Crippen molar-refractivity contribution in [3.63, 3.8) is 0 Å². The van der Waals surface area contributed by atoms with E-state index in [0.29, 0.717) is 109 Å². The van der Waals surface area contributed by atoms with Crippen LogP contribution < -0.4 is 31.6 Å². The summed E-state index contributed by atoms with van der Waals surface area (Å²) in [6, 6.07) is 9.41. The van der Waals surface area contributed by atoms with Crippen molar-refractivity contribution in [2.24, 2.45) is 23.3 Å². The van der Waals surface area contributed by atoms with Gasteiger partial charge in [0.15, 0.2) is 0 Å². The molecule has 0 radical (unpaired) electrons. The predicted octanol–water partition coefficient (Wildman–Crippen LogP) is 4.80. The Hall–Kier alpha value is -8.68. The van der Waals surface area contributed by atoms with Crippen LogP contribution in [0.15, 0.2) is 48.6 Å². The van der Waals surface area contributed by atoms with Gasteiger partial charge in [-0.2, -0.15) is 10.2 Å². The molecule has 74 heavy (non-hydrogen) atoms. The highest BCUT2D eigenvalue weighted by molar-refractivity contribution is 6.05. The maximum absolute atomic E-state index is 13.9. The van der Waals surface area contributed by atoms with Crippen molar-refractivity contribution in [1.82, 2.24) is 48.5 Å². The first-order valence-corrected chi connectivity index (χ1v) is 24.5. The number of allylic oxidation sites excluding steroid dienone is 2. The van der Waals surface area contributed by atoms with E-state index < -0.39 is 29.7 Å². The van der Waals surface area contributed by atoms with Gasteiger partial charge in [0.1, 0.15) is 40.5 Å². The third kappa shape index (κ3) is 11.2. The number of methoxy groups -OCH3 is 1. The summed E-state index contributed by atoms with van der Waals surface area (Å²) in [4.78, 5) is 90.0. The zero-order valence-electron chi connectivity index (χ0n) is 42.0. The van der Waals surface area contributed by atoms with Crippen LogP contribution in [-0.2, 0) is 31.0 Å². The molecule has 388 valence electrons. The van der Waals surface area contributed by atoms with Gasteiger partial charge in [0.25, 0.3) is 11.8 Å². The van der Waals surface area contributed by atoms with Gasteiger partial charge in [0.05, 0.1) is 29.5 Å². The van der Waals surface area contributed by atoms with Crippen LogP contribution in [0.2, 0.25) is 0 Å². The van der Waals surface area contributed by atoms with Gasteiger partial charge < -0.3 is 45.0 Å². The minimum absolute atomic E-state index is 0.0541. The van der Waals surface area contributed by atoms with E-state index in [1.165, 1.54) is 36.3 Å². The van der Waals surface area contributed by atoms with Crippen LogP contribution in [0.5, 0.6) is 11.5 Å². The third-order valence-corrected chi connectivity index (χ3v) is 13.3. The van der Waals surface area contributed by atoms with Crippen LogP contribution in [0.4, 0.5) is 16.7 Å². The van der Waals surface area contributed by atoms with Crippen molar-refractivity contribution in [3.05, 3.63) is 82.5 Å². The number of amides is 6. The van der Waals surface area contributed by atoms with Crippen molar-refractivity contribution in [2.75, 3.05) is 50.5 Å². The normalized spacial score (nSPS) is 14.3. The van der Waals surface area contributed by atoms with Gasteiger partial charge in [0, 0.05) is 75.8 Å². The fraction of sp³-hybridized carbons (Fsp3) is 0.412. The smallest absolute Gasteiger partial charge is 0.407 e. The number of carbonyl (C=O) groups excluding carboxylic acids is 5. The number of fused-ring (bicyclic) bond motifs is 2. The molecule has 23 nitrogen and oxygen atoms in total. The molecular formula is C51H60N14O9. The number of piperidine rings is 2. The molecule has 6 amide bonds. The SMILES string of the molecule is CCn1nc(C)cc1C(=O)Nc1nc2cc(C(N)=O)cc(OC)c2n1CC=CCn1c(NC(=O)c2cc(C)nn2CC)nc2cc(C(N)=O)cc(OCC#CCC3CCN(C(=O)C4CCN(C(=O)O)CC4)CC3)c21. The number of aromatic nitrogens is 8. The fourth-order valence-electron chi connectivity index (χ4n) is 9.50. The molecule has 8 rings (SSSR count). The van der Waals surface area contributed by atoms with E-state index in [1.54, 1.807) is 44.5 Å². The molecule has 23 heteroatoms. The Morgan fingerprint density at radius 3 is 1.66 bits per heavy atom. The van der Waals surface area contributed by atoms with E-state index >= 15 is 0 Å². The monoisotopic (exact) mass is 1010 g/mol. The standard InChI is InChI=1S/C51H60N14O9/c1-6-64-38(24-30(3)58-64)46(68)56-49-54-36-26-34(44(52)66)28-40(73-5)42(36)62(49)17-9-10-18-63-43-37(55-50(63)57-47(69)39-25-31(4)59-65(39)7-2)27-35(45(53)67)29-41(43)74-23-11-8-12-32-13-19-60(20-14-32)48(70)33-15-21-61(22-16-33)51(71)72/h9-10,24-29,32-33H,6-7,12-23H2,1-5H3,(H2,52,66)(H2,53,67)(H,71,72)(H,54,56,68)(H,55,57,69). The van der Waals surface area contributed by atoms with Crippen molar-refractivity contribution < 1.29 is 43.3 Å². The number of imidazole rings is 2. The summed E-state index contributed by atoms with van der Waals surface area (Å²) in [5.74, 6) is 5.02. The van der Waals surface area contributed by atoms with Gasteiger partial charge in [-0.3, -0.25) is 44.0 Å². The number of likely N-dealkylation sites (tertiary alicyclic amines) is 2. The van der Waals surface area contributed by atoms with E-state index in [9.17, 15) is 33.9 Å². The lowest BCUT2D eigenvalue weighted by molar-refractivity contribution is -0.138. The fourth-order valence-corrected chi connectivity index (χ4v) is 9.50. The topological polar surface area (TPSA) is 295 Å². The lowest BCUT2D eigenvalue weighted by Crippen LogP contribution is -2.46. The minimum Gasteiger partial charge on any atom is -0.494 e. The highest BCUT2D eigenvalue weighted by atomic mass is 16.5. The molecule has 7 N–H and O–H groups in total. The number of carboxylic acid groups (broad SMARTS) is 1. The molecule has 6 heterocycles. The maximum atomic E-state index is 13.9. The summed E-state index contributed by atoms with van der Waals surface area (Å²) >= 11 is 0. The number of nitrogens with zero attached hydrogens (tertiary/aromatic N) is 10. The van der Waals surface area contributed by atoms with Crippen molar-refractivity contribution in [3.8, 4) is 23.3 Å². The number of rotatable bonds is 17. The third-order valence-electron chi connectivity index (χ3n) is 13.3. The molecule has 2 aliphatic heterocycles. The highest BCUT2D eigenvalue weighted by Crippen LogP contribution is 2.33. The molecule has 2 aliphatic rings. The first-order valence-electron chi connectivity index (χ1n) is 24.5. The lowest BCUT2D eigenvalue weighted by atomic mass is 9.91. The summed E-state index contributed by atoms with van der Waals surface area (Å²) in [7, 11) is 1.45. The zero-order chi connectivity index (χ0) is 52.8. The molecule has 4 aromatic heterocycles. The summed E-state index contributed by atoms with van der Waals surface area (Å²) in [6.45, 7) is 10.4. The molecule has 2 saturated heterocycles. The summed E-state index contributed by atoms with van der Waals surface area (Å²) in [5, 5.41) is 24.0. The van der Waals surface area contributed by atoms with Crippen LogP contribution in [0, 0.1) is 37.5 Å². The van der Waals surface area contributed by atoms with E-state index in [1.807, 2.05) is 30.9 Å². The Kier molecular flexibility index (Phi) is 15.6. The molecule has 0 unspecified atom stereocenters. The quantitative estimate of drug-likeness (QED) is 0.0607. The van der Waals surface area contributed by atoms with Crippen LogP contribution in [0.3, 0.4) is 0 Å². The lowest BCUT2D eigenvalue weighted by Gasteiger charge is -2.36. The summed E-state index contributed by atoms with van der Waals surface area (Å²) < 4.78 is 18.6. The largest absolute Gasteiger partial charge is 0.494 e.